The number of carbonyl (C=O) groups excluding carboxylic acids is 1. The molecular formula is C23H22N4O2S. The van der Waals surface area contributed by atoms with Gasteiger partial charge in [0.25, 0.3) is 11.5 Å². The second-order valence-corrected chi connectivity index (χ2v) is 8.34. The molecule has 0 atom stereocenters. The van der Waals surface area contributed by atoms with E-state index in [1.54, 1.807) is 28.8 Å². The van der Waals surface area contributed by atoms with Crippen LogP contribution in [0.15, 0.2) is 58.5 Å². The molecule has 0 spiro atoms. The zero-order chi connectivity index (χ0) is 20.9. The molecule has 1 saturated carbocycles. The average molecular weight is 419 g/mol. The van der Waals surface area contributed by atoms with Crippen LogP contribution in [0.2, 0.25) is 0 Å². The molecule has 4 rings (SSSR count). The van der Waals surface area contributed by atoms with E-state index in [1.165, 1.54) is 24.6 Å². The number of fused-ring (bicyclic) bond motifs is 1. The number of amides is 1. The van der Waals surface area contributed by atoms with Crippen LogP contribution in [0, 0.1) is 11.3 Å². The van der Waals surface area contributed by atoms with E-state index < -0.39 is 0 Å². The van der Waals surface area contributed by atoms with Gasteiger partial charge in [-0.25, -0.2) is 4.98 Å². The van der Waals surface area contributed by atoms with Crippen LogP contribution in [0.25, 0.3) is 10.9 Å². The largest absolute Gasteiger partial charge is 0.349 e. The molecule has 1 N–H and O–H groups in total. The highest BCUT2D eigenvalue weighted by Gasteiger charge is 2.18. The lowest BCUT2D eigenvalue weighted by Crippen LogP contribution is -2.32. The lowest BCUT2D eigenvalue weighted by atomic mass is 10.1. The molecule has 1 amide bonds. The summed E-state index contributed by atoms with van der Waals surface area (Å²) < 4.78 is 1.60. The number of nitriles is 1. The van der Waals surface area contributed by atoms with Gasteiger partial charge in [0.2, 0.25) is 0 Å². The fourth-order valence-electron chi connectivity index (χ4n) is 3.78. The van der Waals surface area contributed by atoms with E-state index >= 15 is 0 Å². The molecule has 3 aromatic rings. The number of rotatable bonds is 6. The third-order valence-electron chi connectivity index (χ3n) is 5.34. The molecule has 0 saturated heterocycles. The van der Waals surface area contributed by atoms with Crippen molar-refractivity contribution in [2.24, 2.45) is 0 Å². The Labute approximate surface area is 178 Å². The van der Waals surface area contributed by atoms with Crippen LogP contribution in [0.4, 0.5) is 0 Å². The van der Waals surface area contributed by atoms with E-state index in [9.17, 15) is 9.59 Å². The smallest absolute Gasteiger partial charge is 0.262 e. The summed E-state index contributed by atoms with van der Waals surface area (Å²) in [7, 11) is 0. The van der Waals surface area contributed by atoms with Crippen molar-refractivity contribution < 1.29 is 4.79 Å². The summed E-state index contributed by atoms with van der Waals surface area (Å²) in [6, 6.07) is 16.9. The summed E-state index contributed by atoms with van der Waals surface area (Å²) in [5.74, 6) is 0.161. The summed E-state index contributed by atoms with van der Waals surface area (Å²) in [5.41, 5.74) is 2.00. The predicted octanol–water partition coefficient (Wildman–Crippen LogP) is 3.73. The van der Waals surface area contributed by atoms with E-state index in [0.29, 0.717) is 28.2 Å². The molecule has 1 heterocycles. The zero-order valence-electron chi connectivity index (χ0n) is 16.5. The van der Waals surface area contributed by atoms with E-state index in [1.807, 2.05) is 24.3 Å². The Morgan fingerprint density at radius 1 is 1.17 bits per heavy atom. The Morgan fingerprint density at radius 3 is 2.63 bits per heavy atom. The molecule has 2 aromatic carbocycles. The molecule has 152 valence electrons. The third kappa shape index (κ3) is 4.39. The first kappa shape index (κ1) is 20.2. The fourth-order valence-corrected chi connectivity index (χ4v) is 4.44. The van der Waals surface area contributed by atoms with Crippen molar-refractivity contribution in [1.82, 2.24) is 14.9 Å². The minimum Gasteiger partial charge on any atom is -0.349 e. The van der Waals surface area contributed by atoms with Crippen LogP contribution in [0.3, 0.4) is 0 Å². The van der Waals surface area contributed by atoms with Gasteiger partial charge in [0.15, 0.2) is 5.16 Å². The Bertz CT molecular complexity index is 1160. The zero-order valence-corrected chi connectivity index (χ0v) is 17.3. The number of benzene rings is 2. The minimum absolute atomic E-state index is 0.0525. The Balaban J connectivity index is 1.58. The molecule has 1 fully saturated rings. The highest BCUT2D eigenvalue weighted by Crippen LogP contribution is 2.20. The van der Waals surface area contributed by atoms with E-state index in [0.717, 1.165) is 18.4 Å². The highest BCUT2D eigenvalue weighted by molar-refractivity contribution is 7.99. The molecule has 0 aliphatic heterocycles. The van der Waals surface area contributed by atoms with Gasteiger partial charge < -0.3 is 5.32 Å². The van der Waals surface area contributed by atoms with Crippen molar-refractivity contribution >= 4 is 28.6 Å². The van der Waals surface area contributed by atoms with Crippen LogP contribution in [0.5, 0.6) is 0 Å². The van der Waals surface area contributed by atoms with Gasteiger partial charge in [0.05, 0.1) is 29.3 Å². The SMILES string of the molecule is N#CCSc1nc2ccccc2c(=O)n1Cc1ccc(C(=O)NC2CCCC2)cc1. The van der Waals surface area contributed by atoms with Crippen molar-refractivity contribution in [2.45, 2.75) is 43.4 Å². The number of hydrogen-bond donors (Lipinski definition) is 1. The molecule has 1 aliphatic rings. The van der Waals surface area contributed by atoms with Gasteiger partial charge in [-0.2, -0.15) is 5.26 Å². The number of aromatic nitrogens is 2. The maximum Gasteiger partial charge on any atom is 0.262 e. The molecule has 0 bridgehead atoms. The van der Waals surface area contributed by atoms with Crippen LogP contribution in [-0.4, -0.2) is 27.3 Å². The molecule has 0 unspecified atom stereocenters. The maximum atomic E-state index is 13.0. The summed E-state index contributed by atoms with van der Waals surface area (Å²) in [5, 5.41) is 13.1. The first-order chi connectivity index (χ1) is 14.7. The van der Waals surface area contributed by atoms with E-state index in [4.69, 9.17) is 5.26 Å². The molecule has 6 nitrogen and oxygen atoms in total. The first-order valence-corrected chi connectivity index (χ1v) is 11.0. The number of carbonyl (C=O) groups is 1. The van der Waals surface area contributed by atoms with Gasteiger partial charge in [-0.05, 0) is 42.7 Å². The molecule has 0 radical (unpaired) electrons. The summed E-state index contributed by atoms with van der Waals surface area (Å²) in [4.78, 5) is 30.1. The van der Waals surface area contributed by atoms with E-state index in [-0.39, 0.29) is 23.3 Å². The second-order valence-electron chi connectivity index (χ2n) is 7.40. The predicted molar refractivity (Wildman–Crippen MR) is 118 cm³/mol. The molecular weight excluding hydrogens is 396 g/mol. The number of nitrogens with one attached hydrogen (secondary N) is 1. The molecule has 1 aromatic heterocycles. The van der Waals surface area contributed by atoms with Gasteiger partial charge in [0, 0.05) is 11.6 Å². The highest BCUT2D eigenvalue weighted by atomic mass is 32.2. The standard InChI is InChI=1S/C23H22N4O2S/c24-13-14-30-23-26-20-8-4-3-7-19(20)22(29)27(23)15-16-9-11-17(12-10-16)21(28)25-18-5-1-2-6-18/h3-4,7-12,18H,1-2,5-6,14-15H2,(H,25,28). The van der Waals surface area contributed by atoms with Crippen molar-refractivity contribution in [3.05, 3.63) is 70.0 Å². The topological polar surface area (TPSA) is 87.8 Å². The Morgan fingerprint density at radius 2 is 1.90 bits per heavy atom. The number of hydrogen-bond acceptors (Lipinski definition) is 5. The monoisotopic (exact) mass is 418 g/mol. The van der Waals surface area contributed by atoms with Gasteiger partial charge in [0.1, 0.15) is 0 Å². The maximum absolute atomic E-state index is 13.0. The van der Waals surface area contributed by atoms with Gasteiger partial charge in [-0.1, -0.05) is 48.9 Å². The summed E-state index contributed by atoms with van der Waals surface area (Å²) >= 11 is 1.25. The van der Waals surface area contributed by atoms with Crippen molar-refractivity contribution in [3.63, 3.8) is 0 Å². The molecule has 30 heavy (non-hydrogen) atoms. The lowest BCUT2D eigenvalue weighted by Gasteiger charge is -2.14. The van der Waals surface area contributed by atoms with Gasteiger partial charge in [-0.3, -0.25) is 14.2 Å². The second kappa shape index (κ2) is 9.14. The number of thioether (sulfide) groups is 1. The fraction of sp³-hybridized carbons (Fsp3) is 0.304. The van der Waals surface area contributed by atoms with Crippen LogP contribution < -0.4 is 10.9 Å². The van der Waals surface area contributed by atoms with Crippen LogP contribution >= 0.6 is 11.8 Å². The lowest BCUT2D eigenvalue weighted by molar-refractivity contribution is 0.0938. The minimum atomic E-state index is -0.135. The van der Waals surface area contributed by atoms with Gasteiger partial charge >= 0.3 is 0 Å². The van der Waals surface area contributed by atoms with Crippen LogP contribution in [0.1, 0.15) is 41.6 Å². The quantitative estimate of drug-likeness (QED) is 0.487. The summed E-state index contributed by atoms with van der Waals surface area (Å²) in [6.45, 7) is 0.328. The number of nitrogens with zero attached hydrogens (tertiary/aromatic N) is 3. The normalized spacial score (nSPS) is 14.0. The van der Waals surface area contributed by atoms with Crippen molar-refractivity contribution in [3.8, 4) is 6.07 Å². The Kier molecular flexibility index (Phi) is 6.15. The number of para-hydroxylation sites is 1. The van der Waals surface area contributed by atoms with Crippen LogP contribution in [-0.2, 0) is 6.54 Å². The van der Waals surface area contributed by atoms with Crippen molar-refractivity contribution in [1.29, 1.82) is 5.26 Å². The van der Waals surface area contributed by atoms with E-state index in [2.05, 4.69) is 16.4 Å². The van der Waals surface area contributed by atoms with Gasteiger partial charge in [-0.15, -0.1) is 0 Å². The Hall–Kier alpha value is -3.11. The third-order valence-corrected chi connectivity index (χ3v) is 6.18. The first-order valence-electron chi connectivity index (χ1n) is 10.0. The molecule has 7 heteroatoms. The average Bonchev–Trinajstić information content (AvgIpc) is 3.28. The molecule has 1 aliphatic carbocycles. The van der Waals surface area contributed by atoms with Crippen molar-refractivity contribution in [2.75, 3.05) is 5.75 Å². The summed E-state index contributed by atoms with van der Waals surface area (Å²) in [6.07, 6.45) is 4.44.